The lowest BCUT2D eigenvalue weighted by Gasteiger charge is -2.19. The van der Waals surface area contributed by atoms with Crippen LogP contribution in [0, 0.1) is 10.1 Å². The van der Waals surface area contributed by atoms with Crippen molar-refractivity contribution in [2.75, 3.05) is 0 Å². The summed E-state index contributed by atoms with van der Waals surface area (Å²) >= 11 is 1.23. The van der Waals surface area contributed by atoms with Crippen LogP contribution in [0.25, 0.3) is 0 Å². The van der Waals surface area contributed by atoms with Crippen molar-refractivity contribution in [1.82, 2.24) is 16.2 Å². The van der Waals surface area contributed by atoms with Gasteiger partial charge in [-0.1, -0.05) is 42.5 Å². The van der Waals surface area contributed by atoms with Crippen LogP contribution in [0.4, 0.5) is 5.69 Å². The van der Waals surface area contributed by atoms with Crippen molar-refractivity contribution in [2.45, 2.75) is 6.04 Å². The van der Waals surface area contributed by atoms with Gasteiger partial charge < -0.3 is 5.32 Å². The molecule has 0 bridgehead atoms. The fraction of sp³-hybridized carbons (Fsp3) is 0.0500. The van der Waals surface area contributed by atoms with Gasteiger partial charge in [0.1, 0.15) is 6.04 Å². The Hall–Kier alpha value is -4.05. The van der Waals surface area contributed by atoms with E-state index >= 15 is 0 Å². The molecule has 0 aliphatic rings. The van der Waals surface area contributed by atoms with Crippen LogP contribution < -0.4 is 16.2 Å². The molecule has 1 aromatic heterocycles. The van der Waals surface area contributed by atoms with Gasteiger partial charge in [-0.2, -0.15) is 0 Å². The number of hydrazine groups is 1. The van der Waals surface area contributed by atoms with E-state index in [1.807, 2.05) is 0 Å². The number of nitrogens with zero attached hydrogens (tertiary/aromatic N) is 1. The molecular formula is C20H16N4O5S. The molecule has 30 heavy (non-hydrogen) atoms. The molecule has 9 nitrogen and oxygen atoms in total. The Bertz CT molecular complexity index is 1070. The van der Waals surface area contributed by atoms with Crippen LogP contribution >= 0.6 is 11.3 Å². The average molecular weight is 424 g/mol. The molecule has 3 rings (SSSR count). The summed E-state index contributed by atoms with van der Waals surface area (Å²) in [5.41, 5.74) is 4.74. The van der Waals surface area contributed by atoms with E-state index < -0.39 is 28.7 Å². The highest BCUT2D eigenvalue weighted by atomic mass is 32.1. The molecule has 1 atom stereocenters. The lowest BCUT2D eigenvalue weighted by atomic mass is 10.1. The molecule has 3 N–H and O–H groups in total. The molecule has 1 heterocycles. The Morgan fingerprint density at radius 1 is 0.900 bits per heavy atom. The Kier molecular flexibility index (Phi) is 6.50. The van der Waals surface area contributed by atoms with Crippen molar-refractivity contribution in [3.63, 3.8) is 0 Å². The van der Waals surface area contributed by atoms with Crippen molar-refractivity contribution in [3.8, 4) is 0 Å². The predicted molar refractivity (Wildman–Crippen MR) is 110 cm³/mol. The van der Waals surface area contributed by atoms with Gasteiger partial charge in [-0.15, -0.1) is 11.3 Å². The van der Waals surface area contributed by atoms with Gasteiger partial charge in [-0.25, -0.2) is 0 Å². The van der Waals surface area contributed by atoms with Gasteiger partial charge in [-0.3, -0.25) is 35.3 Å². The zero-order valence-electron chi connectivity index (χ0n) is 15.4. The minimum atomic E-state index is -1.06. The van der Waals surface area contributed by atoms with Gasteiger partial charge in [-0.05, 0) is 23.1 Å². The van der Waals surface area contributed by atoms with Crippen LogP contribution in [0.2, 0.25) is 0 Å². The summed E-state index contributed by atoms with van der Waals surface area (Å²) in [5, 5.41) is 15.2. The molecule has 0 saturated carbocycles. The van der Waals surface area contributed by atoms with Gasteiger partial charge in [0.05, 0.1) is 9.80 Å². The maximum absolute atomic E-state index is 12.7. The molecular weight excluding hydrogens is 408 g/mol. The fourth-order valence-electron chi connectivity index (χ4n) is 2.58. The maximum atomic E-state index is 12.7. The zero-order chi connectivity index (χ0) is 21.5. The zero-order valence-corrected chi connectivity index (χ0v) is 16.2. The van der Waals surface area contributed by atoms with E-state index in [9.17, 15) is 24.5 Å². The molecule has 0 fully saturated rings. The third-order valence-corrected chi connectivity index (χ3v) is 4.90. The third-order valence-electron chi connectivity index (χ3n) is 4.03. The van der Waals surface area contributed by atoms with Gasteiger partial charge >= 0.3 is 0 Å². The summed E-state index contributed by atoms with van der Waals surface area (Å²) < 4.78 is 0. The molecule has 10 heteroatoms. The van der Waals surface area contributed by atoms with E-state index in [1.54, 1.807) is 47.8 Å². The van der Waals surface area contributed by atoms with Crippen LogP contribution in [0.1, 0.15) is 31.6 Å². The second-order valence-corrected chi connectivity index (χ2v) is 6.99. The number of non-ortho nitro benzene ring substituents is 1. The van der Waals surface area contributed by atoms with Crippen molar-refractivity contribution in [1.29, 1.82) is 0 Å². The largest absolute Gasteiger partial charge is 0.336 e. The van der Waals surface area contributed by atoms with Crippen molar-refractivity contribution in [3.05, 3.63) is 98.2 Å². The van der Waals surface area contributed by atoms with Crippen LogP contribution in [0.3, 0.4) is 0 Å². The number of hydrogen-bond acceptors (Lipinski definition) is 6. The summed E-state index contributed by atoms with van der Waals surface area (Å²) in [5.74, 6) is -1.84. The summed E-state index contributed by atoms with van der Waals surface area (Å²) in [6.07, 6.45) is 0. The second-order valence-electron chi connectivity index (χ2n) is 6.05. The number of benzene rings is 2. The summed E-state index contributed by atoms with van der Waals surface area (Å²) in [6.45, 7) is 0. The lowest BCUT2D eigenvalue weighted by molar-refractivity contribution is -0.384. The molecule has 0 spiro atoms. The van der Waals surface area contributed by atoms with Gasteiger partial charge in [0.2, 0.25) is 0 Å². The Balaban J connectivity index is 1.71. The number of carbonyl (C=O) groups excluding carboxylic acids is 3. The summed E-state index contributed by atoms with van der Waals surface area (Å²) in [7, 11) is 0. The average Bonchev–Trinajstić information content (AvgIpc) is 3.31. The van der Waals surface area contributed by atoms with E-state index in [1.165, 1.54) is 29.5 Å². The van der Waals surface area contributed by atoms with E-state index in [0.717, 1.165) is 6.07 Å². The van der Waals surface area contributed by atoms with E-state index in [2.05, 4.69) is 16.2 Å². The number of thiophene rings is 1. The number of amides is 3. The SMILES string of the molecule is O=C(NNC(=O)[C@@H](NC(=O)c1cccs1)c1ccccc1)c1cccc([N+](=O)[O-])c1. The molecule has 152 valence electrons. The van der Waals surface area contributed by atoms with E-state index in [0.29, 0.717) is 10.4 Å². The van der Waals surface area contributed by atoms with Gasteiger partial charge in [0.25, 0.3) is 23.4 Å². The predicted octanol–water partition coefficient (Wildman–Crippen LogP) is 2.59. The highest BCUT2D eigenvalue weighted by molar-refractivity contribution is 7.12. The highest BCUT2D eigenvalue weighted by Crippen LogP contribution is 2.16. The van der Waals surface area contributed by atoms with Crippen LogP contribution in [0.5, 0.6) is 0 Å². The lowest BCUT2D eigenvalue weighted by Crippen LogP contribution is -2.48. The molecule has 0 unspecified atom stereocenters. The van der Waals surface area contributed by atoms with Gasteiger partial charge in [0, 0.05) is 17.7 Å². The molecule has 0 aliphatic heterocycles. The number of nitro benzene ring substituents is 1. The molecule has 3 aromatic rings. The van der Waals surface area contributed by atoms with E-state index in [4.69, 9.17) is 0 Å². The monoisotopic (exact) mass is 424 g/mol. The normalized spacial score (nSPS) is 11.2. The first-order chi connectivity index (χ1) is 14.5. The van der Waals surface area contributed by atoms with Crippen molar-refractivity contribution in [2.24, 2.45) is 0 Å². The third kappa shape index (κ3) is 5.06. The van der Waals surface area contributed by atoms with Gasteiger partial charge in [0.15, 0.2) is 0 Å². The first kappa shape index (κ1) is 20.7. The Morgan fingerprint density at radius 2 is 1.67 bits per heavy atom. The fourth-order valence-corrected chi connectivity index (χ4v) is 3.21. The second kappa shape index (κ2) is 9.43. The first-order valence-corrected chi connectivity index (χ1v) is 9.57. The minimum absolute atomic E-state index is 0.00313. The number of nitrogens with one attached hydrogen (secondary N) is 3. The maximum Gasteiger partial charge on any atom is 0.270 e. The topological polar surface area (TPSA) is 130 Å². The minimum Gasteiger partial charge on any atom is -0.336 e. The van der Waals surface area contributed by atoms with Crippen LogP contribution in [-0.4, -0.2) is 22.6 Å². The molecule has 0 saturated heterocycles. The number of hydrogen-bond donors (Lipinski definition) is 3. The highest BCUT2D eigenvalue weighted by Gasteiger charge is 2.24. The van der Waals surface area contributed by atoms with Crippen molar-refractivity contribution >= 4 is 34.7 Å². The summed E-state index contributed by atoms with van der Waals surface area (Å²) in [6, 6.07) is 15.9. The smallest absolute Gasteiger partial charge is 0.270 e. The Morgan fingerprint density at radius 3 is 2.33 bits per heavy atom. The Labute approximate surface area is 174 Å². The molecule has 0 radical (unpaired) electrons. The summed E-state index contributed by atoms with van der Waals surface area (Å²) in [4.78, 5) is 48.1. The molecule has 3 amide bonds. The quantitative estimate of drug-likeness (QED) is 0.414. The number of carbonyl (C=O) groups is 3. The van der Waals surface area contributed by atoms with Crippen LogP contribution in [0.15, 0.2) is 72.1 Å². The molecule has 0 aliphatic carbocycles. The van der Waals surface area contributed by atoms with Crippen molar-refractivity contribution < 1.29 is 19.3 Å². The standard InChI is InChI=1S/C20H16N4O5S/c25-18(14-8-4-9-15(12-14)24(28)29)22-23-20(27)17(13-6-2-1-3-7-13)21-19(26)16-10-5-11-30-16/h1-12,17H,(H,21,26)(H,22,25)(H,23,27)/t17-/m0/s1. The molecule has 2 aromatic carbocycles. The number of rotatable bonds is 6. The first-order valence-electron chi connectivity index (χ1n) is 8.69. The van der Waals surface area contributed by atoms with E-state index in [-0.39, 0.29) is 11.3 Å². The van der Waals surface area contributed by atoms with Crippen LogP contribution in [-0.2, 0) is 4.79 Å². The number of nitro groups is 1.